The monoisotopic (exact) mass is 412 g/mol. The van der Waals surface area contributed by atoms with E-state index in [1.165, 1.54) is 6.20 Å². The molecule has 0 saturated heterocycles. The predicted molar refractivity (Wildman–Crippen MR) is 97.7 cm³/mol. The summed E-state index contributed by atoms with van der Waals surface area (Å²) in [6.45, 7) is 0. The number of nitrogens with one attached hydrogen (secondary N) is 2. The summed E-state index contributed by atoms with van der Waals surface area (Å²) in [4.78, 5) is 12.1. The third-order valence-electron chi connectivity index (χ3n) is 3.82. The topological polar surface area (TPSA) is 59.0 Å². The highest BCUT2D eigenvalue weighted by Gasteiger charge is 2.34. The number of carbonyl (C=O) groups excluding carboxylic acids is 1. The van der Waals surface area contributed by atoms with Gasteiger partial charge in [0.15, 0.2) is 0 Å². The largest absolute Gasteiger partial charge is 0.419 e. The lowest BCUT2D eigenvalue weighted by Crippen LogP contribution is -2.20. The van der Waals surface area contributed by atoms with Crippen LogP contribution >= 0.6 is 11.6 Å². The second-order valence-corrected chi connectivity index (χ2v) is 6.22. The number of amides is 2. The van der Waals surface area contributed by atoms with Crippen molar-refractivity contribution in [2.75, 3.05) is 10.6 Å². The number of rotatable bonds is 3. The summed E-state index contributed by atoms with van der Waals surface area (Å²) in [7, 11) is 1.71. The van der Waals surface area contributed by atoms with E-state index >= 15 is 0 Å². The molecule has 146 valence electrons. The van der Waals surface area contributed by atoms with Crippen LogP contribution in [0.2, 0.25) is 5.02 Å². The Hall–Kier alpha value is -3.07. The Labute approximate surface area is 161 Å². The van der Waals surface area contributed by atoms with Crippen molar-refractivity contribution in [1.82, 2.24) is 9.78 Å². The SMILES string of the molecule is Cn1ncc(Cl)c1-c1cccc(NC(=O)Nc2ccc(F)c(C(F)(F)F)c2)c1. The van der Waals surface area contributed by atoms with Crippen molar-refractivity contribution in [2.24, 2.45) is 7.05 Å². The molecule has 2 N–H and O–H groups in total. The van der Waals surface area contributed by atoms with E-state index in [2.05, 4.69) is 15.7 Å². The van der Waals surface area contributed by atoms with E-state index in [4.69, 9.17) is 11.6 Å². The van der Waals surface area contributed by atoms with Crippen molar-refractivity contribution in [1.29, 1.82) is 0 Å². The van der Waals surface area contributed by atoms with Gasteiger partial charge in [0.2, 0.25) is 0 Å². The van der Waals surface area contributed by atoms with Gasteiger partial charge in [0.25, 0.3) is 0 Å². The molecule has 0 unspecified atom stereocenters. The van der Waals surface area contributed by atoms with Crippen LogP contribution in [-0.2, 0) is 13.2 Å². The van der Waals surface area contributed by atoms with Gasteiger partial charge in [-0.3, -0.25) is 4.68 Å². The van der Waals surface area contributed by atoms with Crippen molar-refractivity contribution in [3.63, 3.8) is 0 Å². The van der Waals surface area contributed by atoms with E-state index in [1.807, 2.05) is 0 Å². The standard InChI is InChI=1S/C18H13ClF4N4O/c1-27-16(14(19)9-24-27)10-3-2-4-11(7-10)25-17(28)26-12-5-6-15(20)13(8-12)18(21,22)23/h2-9H,1H3,(H2,25,26,28). The lowest BCUT2D eigenvalue weighted by molar-refractivity contribution is -0.139. The molecule has 1 aromatic heterocycles. The van der Waals surface area contributed by atoms with E-state index in [0.29, 0.717) is 34.1 Å². The zero-order valence-electron chi connectivity index (χ0n) is 14.3. The molecular weight excluding hydrogens is 400 g/mol. The third kappa shape index (κ3) is 4.25. The average molecular weight is 413 g/mol. The van der Waals surface area contributed by atoms with Gasteiger partial charge in [-0.25, -0.2) is 9.18 Å². The molecule has 0 radical (unpaired) electrons. The maximum atomic E-state index is 13.3. The minimum absolute atomic E-state index is 0.197. The molecule has 5 nitrogen and oxygen atoms in total. The highest BCUT2D eigenvalue weighted by Crippen LogP contribution is 2.33. The molecule has 0 atom stereocenters. The lowest BCUT2D eigenvalue weighted by atomic mass is 10.1. The Balaban J connectivity index is 1.77. The molecule has 0 bridgehead atoms. The number of benzene rings is 2. The van der Waals surface area contributed by atoms with Crippen LogP contribution in [0.25, 0.3) is 11.3 Å². The average Bonchev–Trinajstić information content (AvgIpc) is 2.94. The smallest absolute Gasteiger partial charge is 0.308 e. The third-order valence-corrected chi connectivity index (χ3v) is 4.09. The van der Waals surface area contributed by atoms with Gasteiger partial charge in [-0.15, -0.1) is 0 Å². The van der Waals surface area contributed by atoms with Gasteiger partial charge in [0, 0.05) is 24.0 Å². The summed E-state index contributed by atoms with van der Waals surface area (Å²) in [6, 6.07) is 8.09. The molecule has 0 aliphatic rings. The van der Waals surface area contributed by atoms with Crippen LogP contribution < -0.4 is 10.6 Å². The van der Waals surface area contributed by atoms with Crippen molar-refractivity contribution in [2.45, 2.75) is 6.18 Å². The number of aromatic nitrogens is 2. The molecule has 1 heterocycles. The Morgan fingerprint density at radius 2 is 1.79 bits per heavy atom. The predicted octanol–water partition coefficient (Wildman–Crippen LogP) is 5.54. The van der Waals surface area contributed by atoms with Gasteiger partial charge in [0.05, 0.1) is 22.5 Å². The first-order valence-electron chi connectivity index (χ1n) is 7.88. The molecule has 0 aliphatic carbocycles. The van der Waals surface area contributed by atoms with Gasteiger partial charge in [-0.05, 0) is 30.3 Å². The van der Waals surface area contributed by atoms with Crippen LogP contribution in [0.15, 0.2) is 48.7 Å². The molecule has 0 fully saturated rings. The molecule has 2 aromatic carbocycles. The number of hydrogen-bond donors (Lipinski definition) is 2. The lowest BCUT2D eigenvalue weighted by Gasteiger charge is -2.12. The maximum absolute atomic E-state index is 13.3. The van der Waals surface area contributed by atoms with Crippen LogP contribution in [0.3, 0.4) is 0 Å². The molecule has 0 spiro atoms. The fourth-order valence-corrected chi connectivity index (χ4v) is 2.87. The van der Waals surface area contributed by atoms with Gasteiger partial charge in [0.1, 0.15) is 5.82 Å². The molecule has 3 aromatic rings. The Morgan fingerprint density at radius 1 is 1.11 bits per heavy atom. The number of aryl methyl sites for hydroxylation is 1. The van der Waals surface area contributed by atoms with E-state index in [1.54, 1.807) is 36.0 Å². The van der Waals surface area contributed by atoms with Crippen LogP contribution in [0.4, 0.5) is 33.7 Å². The molecule has 0 saturated carbocycles. The first-order valence-corrected chi connectivity index (χ1v) is 8.25. The summed E-state index contributed by atoms with van der Waals surface area (Å²) >= 11 is 6.10. The number of nitrogens with zero attached hydrogens (tertiary/aromatic N) is 2. The van der Waals surface area contributed by atoms with Crippen LogP contribution in [0.5, 0.6) is 0 Å². The molecule has 3 rings (SSSR count). The fraction of sp³-hybridized carbons (Fsp3) is 0.111. The first kappa shape index (κ1) is 19.7. The Kier molecular flexibility index (Phi) is 5.28. The molecule has 10 heteroatoms. The van der Waals surface area contributed by atoms with E-state index in [0.717, 1.165) is 6.07 Å². The zero-order chi connectivity index (χ0) is 20.5. The van der Waals surface area contributed by atoms with Crippen LogP contribution in [-0.4, -0.2) is 15.8 Å². The quantitative estimate of drug-likeness (QED) is 0.555. The number of alkyl halides is 3. The molecular formula is C18H13ClF4N4O. The highest BCUT2D eigenvalue weighted by molar-refractivity contribution is 6.33. The minimum Gasteiger partial charge on any atom is -0.308 e. The number of anilines is 2. The highest BCUT2D eigenvalue weighted by atomic mass is 35.5. The summed E-state index contributed by atoms with van der Waals surface area (Å²) < 4.78 is 53.2. The van der Waals surface area contributed by atoms with E-state index < -0.39 is 23.6 Å². The van der Waals surface area contributed by atoms with Crippen molar-refractivity contribution < 1.29 is 22.4 Å². The van der Waals surface area contributed by atoms with Crippen molar-refractivity contribution in [3.8, 4) is 11.3 Å². The van der Waals surface area contributed by atoms with Gasteiger partial charge >= 0.3 is 12.2 Å². The Bertz CT molecular complexity index is 1010. The first-order chi connectivity index (χ1) is 13.1. The van der Waals surface area contributed by atoms with Crippen LogP contribution in [0.1, 0.15) is 5.56 Å². The maximum Gasteiger partial charge on any atom is 0.419 e. The summed E-state index contributed by atoms with van der Waals surface area (Å²) in [6.07, 6.45) is -3.38. The summed E-state index contributed by atoms with van der Waals surface area (Å²) in [5, 5.41) is 9.22. The number of urea groups is 1. The number of carbonyl (C=O) groups is 1. The summed E-state index contributed by atoms with van der Waals surface area (Å²) in [5.41, 5.74) is 0.0450. The number of halogens is 5. The minimum atomic E-state index is -4.87. The van der Waals surface area contributed by atoms with Crippen molar-refractivity contribution in [3.05, 3.63) is 65.1 Å². The van der Waals surface area contributed by atoms with E-state index in [9.17, 15) is 22.4 Å². The molecule has 28 heavy (non-hydrogen) atoms. The summed E-state index contributed by atoms with van der Waals surface area (Å²) in [5.74, 6) is -1.42. The van der Waals surface area contributed by atoms with Gasteiger partial charge < -0.3 is 10.6 Å². The van der Waals surface area contributed by atoms with Crippen molar-refractivity contribution >= 4 is 29.0 Å². The van der Waals surface area contributed by atoms with E-state index in [-0.39, 0.29) is 5.69 Å². The zero-order valence-corrected chi connectivity index (χ0v) is 15.1. The number of hydrogen-bond acceptors (Lipinski definition) is 2. The van der Waals surface area contributed by atoms with Crippen LogP contribution in [0, 0.1) is 5.82 Å². The fourth-order valence-electron chi connectivity index (χ4n) is 2.59. The second-order valence-electron chi connectivity index (χ2n) is 5.82. The normalized spacial score (nSPS) is 11.4. The van der Waals surface area contributed by atoms with Gasteiger partial charge in [-0.2, -0.15) is 18.3 Å². The van der Waals surface area contributed by atoms with Gasteiger partial charge in [-0.1, -0.05) is 23.7 Å². The molecule has 0 aliphatic heterocycles. The molecule has 2 amide bonds. The Morgan fingerprint density at radius 3 is 2.39 bits per heavy atom. The second kappa shape index (κ2) is 7.51.